The summed E-state index contributed by atoms with van der Waals surface area (Å²) in [5, 5.41) is 3.24. The van der Waals surface area contributed by atoms with E-state index < -0.39 is 11.7 Å². The smallest absolute Gasteiger partial charge is 0.368 e. The molecule has 90 valence electrons. The number of anilines is 1. The maximum absolute atomic E-state index is 12.3. The third-order valence-corrected chi connectivity index (χ3v) is 1.90. The van der Waals surface area contributed by atoms with E-state index in [2.05, 4.69) is 20.1 Å². The molecular weight excluding hydrogens is 261 g/mol. The minimum atomic E-state index is -4.49. The Labute approximate surface area is 97.3 Å². The van der Waals surface area contributed by atoms with Crippen LogP contribution in [-0.4, -0.2) is 24.7 Å². The molecule has 0 aliphatic heterocycles. The van der Waals surface area contributed by atoms with E-state index >= 15 is 0 Å². The number of nitrogen functional groups attached to an aromatic ring is 1. The first-order chi connectivity index (χ1) is 7.86. The van der Waals surface area contributed by atoms with Crippen molar-refractivity contribution in [2.45, 2.75) is 6.18 Å². The van der Waals surface area contributed by atoms with E-state index in [1.807, 2.05) is 0 Å². The summed E-state index contributed by atoms with van der Waals surface area (Å²) in [6, 6.07) is 0. The van der Waals surface area contributed by atoms with E-state index in [-0.39, 0.29) is 17.2 Å². The van der Waals surface area contributed by atoms with Gasteiger partial charge < -0.3 is 5.73 Å². The van der Waals surface area contributed by atoms with Crippen LogP contribution in [0.2, 0.25) is 5.28 Å². The van der Waals surface area contributed by atoms with Crippen molar-refractivity contribution >= 4 is 17.5 Å². The molecule has 17 heavy (non-hydrogen) atoms. The van der Waals surface area contributed by atoms with Gasteiger partial charge in [0.25, 0.3) is 5.95 Å². The summed E-state index contributed by atoms with van der Waals surface area (Å²) in [6.07, 6.45) is -3.11. The first-order valence-corrected chi connectivity index (χ1v) is 4.53. The van der Waals surface area contributed by atoms with Crippen molar-refractivity contribution in [3.05, 3.63) is 23.2 Å². The molecule has 0 unspecified atom stereocenters. The van der Waals surface area contributed by atoms with Crippen molar-refractivity contribution in [3.8, 4) is 5.95 Å². The fourth-order valence-corrected chi connectivity index (χ4v) is 1.20. The van der Waals surface area contributed by atoms with Crippen molar-refractivity contribution < 1.29 is 13.2 Å². The largest absolute Gasteiger partial charge is 0.419 e. The topological polar surface area (TPSA) is 82.5 Å². The Balaban J connectivity index is 2.44. The minimum Gasteiger partial charge on any atom is -0.368 e. The fourth-order valence-electron chi connectivity index (χ4n) is 1.04. The summed E-state index contributed by atoms with van der Waals surface area (Å²) in [6.45, 7) is 0. The predicted octanol–water partition coefficient (Wildman–Crippen LogP) is 1.31. The van der Waals surface area contributed by atoms with E-state index in [9.17, 15) is 13.2 Å². The van der Waals surface area contributed by atoms with Gasteiger partial charge in [0.15, 0.2) is 0 Å². The molecule has 2 heterocycles. The maximum atomic E-state index is 12.3. The summed E-state index contributed by atoms with van der Waals surface area (Å²) in [4.78, 5) is 10.7. The van der Waals surface area contributed by atoms with Crippen LogP contribution in [0.3, 0.4) is 0 Å². The Kier molecular flexibility index (Phi) is 2.62. The van der Waals surface area contributed by atoms with Gasteiger partial charge in [0.05, 0.1) is 11.8 Å². The van der Waals surface area contributed by atoms with Gasteiger partial charge in [0, 0.05) is 6.20 Å². The Morgan fingerprint density at radius 2 is 1.94 bits per heavy atom. The van der Waals surface area contributed by atoms with Crippen molar-refractivity contribution in [2.24, 2.45) is 0 Å². The highest BCUT2D eigenvalue weighted by atomic mass is 35.5. The lowest BCUT2D eigenvalue weighted by atomic mass is 10.4. The highest BCUT2D eigenvalue weighted by Gasteiger charge is 2.32. The van der Waals surface area contributed by atoms with Crippen LogP contribution in [0, 0.1) is 0 Å². The van der Waals surface area contributed by atoms with Gasteiger partial charge in [-0.3, -0.25) is 0 Å². The van der Waals surface area contributed by atoms with Crippen LogP contribution in [0.15, 0.2) is 12.4 Å². The third kappa shape index (κ3) is 2.44. The average molecular weight is 265 g/mol. The second-order valence-electron chi connectivity index (χ2n) is 2.93. The number of alkyl halides is 3. The predicted molar refractivity (Wildman–Crippen MR) is 51.4 cm³/mol. The van der Waals surface area contributed by atoms with Crippen LogP contribution in [0.25, 0.3) is 5.95 Å². The Bertz CT molecular complexity index is 531. The second-order valence-corrected chi connectivity index (χ2v) is 3.27. The Morgan fingerprint density at radius 1 is 1.24 bits per heavy atom. The lowest BCUT2D eigenvalue weighted by molar-refractivity contribution is -0.137. The molecule has 0 saturated heterocycles. The lowest BCUT2D eigenvalue weighted by Crippen LogP contribution is -2.07. The highest BCUT2D eigenvalue weighted by molar-refractivity contribution is 6.28. The number of hydrogen-bond donors (Lipinski definition) is 1. The van der Waals surface area contributed by atoms with Crippen molar-refractivity contribution in [1.29, 1.82) is 0 Å². The number of nitrogens with two attached hydrogens (primary N) is 1. The number of halogens is 4. The monoisotopic (exact) mass is 264 g/mol. The van der Waals surface area contributed by atoms with E-state index in [1.165, 1.54) is 0 Å². The molecule has 0 radical (unpaired) electrons. The van der Waals surface area contributed by atoms with E-state index in [0.29, 0.717) is 6.20 Å². The molecule has 0 bridgehead atoms. The maximum Gasteiger partial charge on any atom is 0.419 e. The standard InChI is InChI=1S/C7H4ClF3N6/c8-4-14-5(12)16-6(15-4)17-2-3(1-13-17)7(9,10)11/h1-2H,(H2,12,14,15,16). The first kappa shape index (κ1) is 11.6. The molecule has 2 aromatic rings. The van der Waals surface area contributed by atoms with Gasteiger partial charge in [-0.15, -0.1) is 0 Å². The highest BCUT2D eigenvalue weighted by Crippen LogP contribution is 2.28. The molecule has 0 aliphatic carbocycles. The van der Waals surface area contributed by atoms with Crippen molar-refractivity contribution in [1.82, 2.24) is 24.7 Å². The van der Waals surface area contributed by atoms with Crippen LogP contribution >= 0.6 is 11.6 Å². The van der Waals surface area contributed by atoms with E-state index in [4.69, 9.17) is 17.3 Å². The first-order valence-electron chi connectivity index (χ1n) is 4.15. The second kappa shape index (κ2) is 3.84. The van der Waals surface area contributed by atoms with Gasteiger partial charge >= 0.3 is 6.18 Å². The number of hydrogen-bond acceptors (Lipinski definition) is 5. The van der Waals surface area contributed by atoms with Crippen molar-refractivity contribution in [2.75, 3.05) is 5.73 Å². The van der Waals surface area contributed by atoms with Gasteiger partial charge in [-0.05, 0) is 11.6 Å². The van der Waals surface area contributed by atoms with Gasteiger partial charge in [-0.1, -0.05) is 0 Å². The zero-order valence-corrected chi connectivity index (χ0v) is 8.74. The van der Waals surface area contributed by atoms with Crippen LogP contribution in [0.4, 0.5) is 19.1 Å². The molecule has 0 aromatic carbocycles. The Morgan fingerprint density at radius 3 is 2.47 bits per heavy atom. The number of nitrogens with zero attached hydrogens (tertiary/aromatic N) is 5. The van der Waals surface area contributed by atoms with Gasteiger partial charge in [0.2, 0.25) is 11.2 Å². The molecule has 2 N–H and O–H groups in total. The third-order valence-electron chi connectivity index (χ3n) is 1.73. The van der Waals surface area contributed by atoms with Gasteiger partial charge in [0.1, 0.15) is 0 Å². The molecule has 6 nitrogen and oxygen atoms in total. The van der Waals surface area contributed by atoms with Gasteiger partial charge in [-0.25, -0.2) is 4.68 Å². The summed E-state index contributed by atoms with van der Waals surface area (Å²) in [5.74, 6) is -0.387. The number of aromatic nitrogens is 5. The summed E-state index contributed by atoms with van der Waals surface area (Å²) in [5.41, 5.74) is 4.36. The van der Waals surface area contributed by atoms with Crippen LogP contribution in [-0.2, 0) is 6.18 Å². The molecule has 2 rings (SSSR count). The quantitative estimate of drug-likeness (QED) is 0.840. The Hall–Kier alpha value is -1.90. The molecule has 2 aromatic heterocycles. The fraction of sp³-hybridized carbons (Fsp3) is 0.143. The molecule has 0 saturated carbocycles. The summed E-state index contributed by atoms with van der Waals surface area (Å²) >= 11 is 5.49. The van der Waals surface area contributed by atoms with Gasteiger partial charge in [-0.2, -0.15) is 33.2 Å². The summed E-state index contributed by atoms with van der Waals surface area (Å²) in [7, 11) is 0. The lowest BCUT2D eigenvalue weighted by Gasteiger charge is -2.01. The minimum absolute atomic E-state index is 0.182. The average Bonchev–Trinajstić information content (AvgIpc) is 2.63. The molecule has 0 spiro atoms. The van der Waals surface area contributed by atoms with E-state index in [1.54, 1.807) is 0 Å². The van der Waals surface area contributed by atoms with E-state index in [0.717, 1.165) is 10.9 Å². The zero-order valence-electron chi connectivity index (χ0n) is 7.98. The molecular formula is C7H4ClF3N6. The molecule has 0 atom stereocenters. The number of rotatable bonds is 1. The van der Waals surface area contributed by atoms with Crippen LogP contribution < -0.4 is 5.73 Å². The zero-order chi connectivity index (χ0) is 12.6. The van der Waals surface area contributed by atoms with Crippen molar-refractivity contribution in [3.63, 3.8) is 0 Å². The molecule has 0 amide bonds. The van der Waals surface area contributed by atoms with Crippen LogP contribution in [0.5, 0.6) is 0 Å². The van der Waals surface area contributed by atoms with Crippen LogP contribution in [0.1, 0.15) is 5.56 Å². The summed E-state index contributed by atoms with van der Waals surface area (Å²) < 4.78 is 37.8. The molecule has 10 heteroatoms. The SMILES string of the molecule is Nc1nc(Cl)nc(-n2cc(C(F)(F)F)cn2)n1. The molecule has 0 aliphatic rings. The normalized spacial score (nSPS) is 11.8. The molecule has 0 fully saturated rings.